The van der Waals surface area contributed by atoms with Crippen LogP contribution in [0.15, 0.2) is 6.07 Å². The summed E-state index contributed by atoms with van der Waals surface area (Å²) in [6, 6.07) is -0.257. The van der Waals surface area contributed by atoms with E-state index in [1.54, 1.807) is 14.1 Å². The number of hydrogen-bond donors (Lipinski definition) is 3. The highest BCUT2D eigenvalue weighted by Crippen LogP contribution is 2.60. The summed E-state index contributed by atoms with van der Waals surface area (Å²) in [4.78, 5) is 13.2. The van der Waals surface area contributed by atoms with Gasteiger partial charge in [0.25, 0.3) is 5.92 Å². The van der Waals surface area contributed by atoms with Crippen molar-refractivity contribution in [1.82, 2.24) is 25.2 Å². The van der Waals surface area contributed by atoms with Crippen LogP contribution >= 0.6 is 0 Å². The van der Waals surface area contributed by atoms with Crippen molar-refractivity contribution in [3.63, 3.8) is 0 Å². The number of nitrogens with one attached hydrogen (secondary N) is 2. The van der Waals surface area contributed by atoms with Crippen molar-refractivity contribution in [3.05, 3.63) is 28.8 Å². The molecule has 3 heterocycles. The van der Waals surface area contributed by atoms with E-state index in [0.717, 1.165) is 6.92 Å². The molecular formula is C30H35F10N7O2. The fraction of sp³-hybridized carbons (Fsp3) is 0.567. The summed E-state index contributed by atoms with van der Waals surface area (Å²) in [5, 5.41) is 4.93. The molecule has 1 aromatic carbocycles. The van der Waals surface area contributed by atoms with E-state index in [2.05, 4.69) is 25.6 Å². The second kappa shape index (κ2) is 13.8. The highest BCUT2D eigenvalue weighted by molar-refractivity contribution is 5.96. The fourth-order valence-corrected chi connectivity index (χ4v) is 5.56. The van der Waals surface area contributed by atoms with Gasteiger partial charge in [0.1, 0.15) is 34.8 Å². The Balaban J connectivity index is 0.00000265. The Labute approximate surface area is 274 Å². The summed E-state index contributed by atoms with van der Waals surface area (Å²) < 4.78 is 155. The zero-order chi connectivity index (χ0) is 36.7. The molecule has 2 aliphatic rings. The molecule has 1 aliphatic heterocycles. The lowest BCUT2D eigenvalue weighted by Crippen LogP contribution is -2.37. The van der Waals surface area contributed by atoms with Crippen LogP contribution in [0.1, 0.15) is 37.8 Å². The number of anilines is 2. The number of benzene rings is 1. The number of nitrogens with two attached hydrogens (primary N) is 1. The summed E-state index contributed by atoms with van der Waals surface area (Å²) in [7, 11) is 3.12. The van der Waals surface area contributed by atoms with E-state index in [4.69, 9.17) is 15.2 Å². The van der Waals surface area contributed by atoms with Crippen molar-refractivity contribution >= 4 is 22.4 Å². The number of halogens is 10. The number of nitrogen functional groups attached to an aromatic ring is 1. The first-order valence-corrected chi connectivity index (χ1v) is 15.2. The van der Waals surface area contributed by atoms with Gasteiger partial charge < -0.3 is 30.7 Å². The molecule has 1 aliphatic carbocycles. The molecular weight excluding hydrogens is 680 g/mol. The minimum Gasteiger partial charge on any atom is -0.464 e. The van der Waals surface area contributed by atoms with Crippen LogP contribution in [0.5, 0.6) is 11.9 Å². The van der Waals surface area contributed by atoms with Crippen LogP contribution in [-0.4, -0.2) is 84.9 Å². The molecule has 2 unspecified atom stereocenters. The number of nitrogens with zero attached hydrogens (tertiary/aromatic N) is 4. The molecule has 0 spiro atoms. The van der Waals surface area contributed by atoms with Gasteiger partial charge in [-0.25, -0.2) is 22.5 Å². The minimum absolute atomic E-state index is 0.0143. The predicted octanol–water partition coefficient (Wildman–Crippen LogP) is 6.59. The van der Waals surface area contributed by atoms with Crippen molar-refractivity contribution < 1.29 is 53.4 Å². The summed E-state index contributed by atoms with van der Waals surface area (Å²) in [5.74, 6) is -7.57. The molecule has 3 aromatic rings. The number of hydrogen-bond acceptors (Lipinski definition) is 9. The monoisotopic (exact) mass is 715 g/mol. The topological polar surface area (TPSA) is 110 Å². The maximum atomic E-state index is 16.4. The van der Waals surface area contributed by atoms with Crippen LogP contribution in [0.25, 0.3) is 22.2 Å². The quantitative estimate of drug-likeness (QED) is 0.193. The van der Waals surface area contributed by atoms with Crippen molar-refractivity contribution in [2.75, 3.05) is 57.9 Å². The molecule has 5 rings (SSSR count). The summed E-state index contributed by atoms with van der Waals surface area (Å²) in [6.45, 7) is 3.82. The summed E-state index contributed by atoms with van der Waals surface area (Å²) in [6.07, 6.45) is -14.1. The maximum Gasteiger partial charge on any atom is 0.425 e. The molecule has 0 bridgehead atoms. The lowest BCUT2D eigenvalue weighted by Gasteiger charge is -2.24. The van der Waals surface area contributed by atoms with Gasteiger partial charge in [0.05, 0.1) is 16.7 Å². The smallest absolute Gasteiger partial charge is 0.425 e. The Hall–Kier alpha value is -3.87. The zero-order valence-electron chi connectivity index (χ0n) is 27.1. The van der Waals surface area contributed by atoms with Gasteiger partial charge in [-0.05, 0) is 39.2 Å². The highest BCUT2D eigenvalue weighted by Gasteiger charge is 2.71. The molecule has 2 atom stereocenters. The molecule has 1 saturated carbocycles. The molecule has 2 aromatic heterocycles. The third kappa shape index (κ3) is 7.66. The van der Waals surface area contributed by atoms with E-state index in [1.165, 1.54) is 4.90 Å². The normalized spacial score (nSPS) is 20.9. The van der Waals surface area contributed by atoms with Crippen LogP contribution in [0.3, 0.4) is 0 Å². The van der Waals surface area contributed by atoms with Crippen molar-refractivity contribution in [2.24, 2.45) is 5.41 Å². The molecule has 19 heteroatoms. The molecule has 272 valence electrons. The maximum absolute atomic E-state index is 16.4. The molecule has 1 fully saturated rings. The molecule has 49 heavy (non-hydrogen) atoms. The first-order chi connectivity index (χ1) is 22.8. The van der Waals surface area contributed by atoms with Gasteiger partial charge in [-0.15, -0.1) is 0 Å². The van der Waals surface area contributed by atoms with Crippen LogP contribution in [0, 0.1) is 24.0 Å². The number of alkyl halides is 8. The second-order valence-corrected chi connectivity index (χ2v) is 11.8. The Morgan fingerprint density at radius 2 is 1.67 bits per heavy atom. The Kier molecular flexibility index (Phi) is 10.7. The van der Waals surface area contributed by atoms with Crippen molar-refractivity contribution in [2.45, 2.75) is 58.0 Å². The van der Waals surface area contributed by atoms with E-state index in [1.807, 2.05) is 13.8 Å². The first kappa shape index (κ1) is 37.9. The fourth-order valence-electron chi connectivity index (χ4n) is 5.56. The number of rotatable bonds is 6. The standard InChI is InChI=1S/C28H29F10N7O2.C2H6/c1-12-17(28(36,37)38)13(8-14(39)18(12)29)20-19(30)21-16-22(41-7-6-40-5-4-15(27(33,34)35)47-23(16)42-20)44-24(43-21)46-11-25(10-45(2)3)9-26(25,31)32;1-2/h8,15,40H,4-7,9-11,39H2,1-3H3,(H,41,43,44);1-2H3. The van der Waals surface area contributed by atoms with Crippen molar-refractivity contribution in [1.29, 1.82) is 0 Å². The van der Waals surface area contributed by atoms with Crippen LogP contribution < -0.4 is 25.8 Å². The summed E-state index contributed by atoms with van der Waals surface area (Å²) >= 11 is 0. The van der Waals surface area contributed by atoms with Gasteiger partial charge in [-0.1, -0.05) is 13.8 Å². The molecule has 9 nitrogen and oxygen atoms in total. The molecule has 4 N–H and O–H groups in total. The van der Waals surface area contributed by atoms with Gasteiger partial charge >= 0.3 is 18.4 Å². The lowest BCUT2D eigenvalue weighted by molar-refractivity contribution is -0.196. The molecule has 0 saturated heterocycles. The average molecular weight is 716 g/mol. The Bertz CT molecular complexity index is 1680. The van der Waals surface area contributed by atoms with E-state index in [-0.39, 0.29) is 26.2 Å². The Morgan fingerprint density at radius 1 is 1.02 bits per heavy atom. The highest BCUT2D eigenvalue weighted by atomic mass is 19.4. The van der Waals surface area contributed by atoms with E-state index >= 15 is 4.39 Å². The predicted molar refractivity (Wildman–Crippen MR) is 161 cm³/mol. The van der Waals surface area contributed by atoms with Crippen LogP contribution in [0.4, 0.5) is 55.4 Å². The van der Waals surface area contributed by atoms with Gasteiger partial charge in [-0.2, -0.15) is 36.3 Å². The second-order valence-electron chi connectivity index (χ2n) is 11.8. The Morgan fingerprint density at radius 3 is 2.24 bits per heavy atom. The van der Waals surface area contributed by atoms with Gasteiger partial charge in [0.15, 0.2) is 11.9 Å². The summed E-state index contributed by atoms with van der Waals surface area (Å²) in [5.41, 5.74) is -2.83. The number of pyridine rings is 1. The lowest BCUT2D eigenvalue weighted by atomic mass is 9.96. The van der Waals surface area contributed by atoms with E-state index in [9.17, 15) is 39.5 Å². The van der Waals surface area contributed by atoms with Crippen molar-refractivity contribution in [3.8, 4) is 23.1 Å². The average Bonchev–Trinajstić information content (AvgIpc) is 3.55. The van der Waals surface area contributed by atoms with E-state index < -0.39 is 118 Å². The van der Waals surface area contributed by atoms with Gasteiger partial charge in [0, 0.05) is 38.0 Å². The van der Waals surface area contributed by atoms with Crippen LogP contribution in [-0.2, 0) is 6.18 Å². The SMILES string of the molecule is CC.Cc1c(F)c(N)cc(-c2nc3c4c(nc(OCC5(CN(C)C)CC5(F)F)nc4c2F)NCCNCCC(C(F)(F)F)O3)c1C(F)(F)F. The molecule has 0 amide bonds. The van der Waals surface area contributed by atoms with E-state index in [0.29, 0.717) is 6.07 Å². The molecule has 0 radical (unpaired) electrons. The third-order valence-corrected chi connectivity index (χ3v) is 7.90. The van der Waals surface area contributed by atoms with Gasteiger partial charge in [0.2, 0.25) is 5.88 Å². The largest absolute Gasteiger partial charge is 0.464 e. The third-order valence-electron chi connectivity index (χ3n) is 7.90. The van der Waals surface area contributed by atoms with Crippen LogP contribution in [0.2, 0.25) is 0 Å². The zero-order valence-corrected chi connectivity index (χ0v) is 27.1. The minimum atomic E-state index is -5.31. The van der Waals surface area contributed by atoms with Gasteiger partial charge in [-0.3, -0.25) is 0 Å². The number of aromatic nitrogens is 3. The first-order valence-electron chi connectivity index (χ1n) is 15.2. The number of ether oxygens (including phenoxy) is 2.